The minimum atomic E-state index is -0.624. The summed E-state index contributed by atoms with van der Waals surface area (Å²) >= 11 is 1.29. The number of benzene rings is 2. The molecule has 150 valence electrons. The monoisotopic (exact) mass is 412 g/mol. The SMILES string of the molecule is COc1ccc(-c2csc(NC(=O)COC(=O)COc3ccccc3C)n2)cc1. The van der Waals surface area contributed by atoms with Gasteiger partial charge in [-0.15, -0.1) is 11.3 Å². The van der Waals surface area contributed by atoms with Gasteiger partial charge in [0.1, 0.15) is 11.5 Å². The molecule has 0 aliphatic heterocycles. The highest BCUT2D eigenvalue weighted by Gasteiger charge is 2.12. The van der Waals surface area contributed by atoms with E-state index in [1.807, 2.05) is 54.8 Å². The molecule has 1 N–H and O–H groups in total. The number of nitrogens with one attached hydrogen (secondary N) is 1. The Kier molecular flexibility index (Phi) is 6.80. The standard InChI is InChI=1S/C21H20N2O5S/c1-14-5-3-4-6-18(14)27-12-20(25)28-11-19(24)23-21-22-17(13-29-21)15-7-9-16(26-2)10-8-15/h3-10,13H,11-12H2,1-2H3,(H,22,23,24). The van der Waals surface area contributed by atoms with E-state index in [2.05, 4.69) is 10.3 Å². The molecule has 3 rings (SSSR count). The van der Waals surface area contributed by atoms with Crippen molar-refractivity contribution >= 4 is 28.3 Å². The average molecular weight is 412 g/mol. The molecule has 0 aliphatic rings. The van der Waals surface area contributed by atoms with Gasteiger partial charge < -0.3 is 14.2 Å². The van der Waals surface area contributed by atoms with Crippen molar-refractivity contribution in [1.82, 2.24) is 4.98 Å². The van der Waals surface area contributed by atoms with Crippen LogP contribution in [0.2, 0.25) is 0 Å². The number of methoxy groups -OCH3 is 1. The molecule has 0 saturated heterocycles. The number of hydrogen-bond acceptors (Lipinski definition) is 7. The van der Waals surface area contributed by atoms with Gasteiger partial charge in [-0.1, -0.05) is 18.2 Å². The molecular formula is C21H20N2O5S. The number of aryl methyl sites for hydroxylation is 1. The van der Waals surface area contributed by atoms with Gasteiger partial charge in [0.05, 0.1) is 12.8 Å². The van der Waals surface area contributed by atoms with Gasteiger partial charge in [0.25, 0.3) is 5.91 Å². The van der Waals surface area contributed by atoms with Crippen molar-refractivity contribution in [1.29, 1.82) is 0 Å². The molecule has 1 aromatic heterocycles. The summed E-state index contributed by atoms with van der Waals surface area (Å²) in [7, 11) is 1.60. The van der Waals surface area contributed by atoms with Gasteiger partial charge in [0, 0.05) is 10.9 Å². The van der Waals surface area contributed by atoms with Crippen LogP contribution >= 0.6 is 11.3 Å². The van der Waals surface area contributed by atoms with Crippen molar-refractivity contribution in [2.45, 2.75) is 6.92 Å². The van der Waals surface area contributed by atoms with Crippen molar-refractivity contribution in [3.63, 3.8) is 0 Å². The molecular weight excluding hydrogens is 392 g/mol. The van der Waals surface area contributed by atoms with Crippen LogP contribution in [0.15, 0.2) is 53.9 Å². The fourth-order valence-corrected chi connectivity index (χ4v) is 3.16. The number of aromatic nitrogens is 1. The van der Waals surface area contributed by atoms with Gasteiger partial charge in [-0.2, -0.15) is 0 Å². The molecule has 0 fully saturated rings. The topological polar surface area (TPSA) is 86.8 Å². The van der Waals surface area contributed by atoms with Crippen LogP contribution in [0.25, 0.3) is 11.3 Å². The number of carbonyl (C=O) groups is 2. The van der Waals surface area contributed by atoms with E-state index < -0.39 is 18.5 Å². The third kappa shape index (κ3) is 5.79. The van der Waals surface area contributed by atoms with Crippen molar-refractivity contribution in [3.8, 4) is 22.8 Å². The zero-order valence-electron chi connectivity index (χ0n) is 16.0. The Balaban J connectivity index is 1.45. The van der Waals surface area contributed by atoms with Crippen molar-refractivity contribution in [2.24, 2.45) is 0 Å². The number of carbonyl (C=O) groups excluding carboxylic acids is 2. The number of anilines is 1. The maximum Gasteiger partial charge on any atom is 0.344 e. The first-order valence-electron chi connectivity index (χ1n) is 8.79. The van der Waals surface area contributed by atoms with Gasteiger partial charge in [-0.05, 0) is 42.8 Å². The van der Waals surface area contributed by atoms with Gasteiger partial charge in [-0.25, -0.2) is 9.78 Å². The van der Waals surface area contributed by atoms with E-state index in [0.717, 1.165) is 22.6 Å². The van der Waals surface area contributed by atoms with Crippen LogP contribution in [0.4, 0.5) is 5.13 Å². The summed E-state index contributed by atoms with van der Waals surface area (Å²) in [4.78, 5) is 28.1. The summed E-state index contributed by atoms with van der Waals surface area (Å²) in [5.74, 6) is 0.264. The highest BCUT2D eigenvalue weighted by atomic mass is 32.1. The molecule has 3 aromatic rings. The minimum Gasteiger partial charge on any atom is -0.497 e. The van der Waals surface area contributed by atoms with Gasteiger partial charge in [0.15, 0.2) is 18.3 Å². The van der Waals surface area contributed by atoms with Gasteiger partial charge >= 0.3 is 5.97 Å². The molecule has 8 heteroatoms. The first-order chi connectivity index (χ1) is 14.0. The normalized spacial score (nSPS) is 10.3. The highest BCUT2D eigenvalue weighted by Crippen LogP contribution is 2.26. The van der Waals surface area contributed by atoms with Gasteiger partial charge in [0.2, 0.25) is 0 Å². The van der Waals surface area contributed by atoms with E-state index in [-0.39, 0.29) is 6.61 Å². The van der Waals surface area contributed by atoms with E-state index >= 15 is 0 Å². The molecule has 0 aliphatic carbocycles. The number of nitrogens with zero attached hydrogens (tertiary/aromatic N) is 1. The molecule has 29 heavy (non-hydrogen) atoms. The lowest BCUT2D eigenvalue weighted by Crippen LogP contribution is -2.23. The van der Waals surface area contributed by atoms with E-state index in [4.69, 9.17) is 14.2 Å². The van der Waals surface area contributed by atoms with Crippen LogP contribution in [-0.2, 0) is 14.3 Å². The average Bonchev–Trinajstić information content (AvgIpc) is 3.20. The van der Waals surface area contributed by atoms with E-state index in [1.54, 1.807) is 13.2 Å². The molecule has 1 amide bonds. The lowest BCUT2D eigenvalue weighted by molar-refractivity contribution is -0.149. The number of ether oxygens (including phenoxy) is 3. The summed E-state index contributed by atoms with van der Waals surface area (Å²) in [6.07, 6.45) is 0. The number of para-hydroxylation sites is 1. The first-order valence-corrected chi connectivity index (χ1v) is 9.67. The Labute approximate surface area is 172 Å². The summed E-state index contributed by atoms with van der Waals surface area (Å²) < 4.78 is 15.5. The van der Waals surface area contributed by atoms with Crippen LogP contribution in [0.1, 0.15) is 5.56 Å². The third-order valence-electron chi connectivity index (χ3n) is 3.94. The van der Waals surface area contributed by atoms with E-state index in [0.29, 0.717) is 10.9 Å². The lowest BCUT2D eigenvalue weighted by atomic mass is 10.2. The second kappa shape index (κ2) is 9.70. The van der Waals surface area contributed by atoms with E-state index in [9.17, 15) is 9.59 Å². The molecule has 0 radical (unpaired) electrons. The van der Waals surface area contributed by atoms with E-state index in [1.165, 1.54) is 11.3 Å². The predicted molar refractivity (Wildman–Crippen MR) is 110 cm³/mol. The molecule has 1 heterocycles. The summed E-state index contributed by atoms with van der Waals surface area (Å²) in [6, 6.07) is 14.8. The number of hydrogen-bond donors (Lipinski definition) is 1. The fraction of sp³-hybridized carbons (Fsp3) is 0.190. The largest absolute Gasteiger partial charge is 0.497 e. The third-order valence-corrected chi connectivity index (χ3v) is 4.70. The first kappa shape index (κ1) is 20.3. The maximum atomic E-state index is 12.0. The number of amides is 1. The number of rotatable bonds is 8. The Morgan fingerprint density at radius 2 is 1.83 bits per heavy atom. The minimum absolute atomic E-state index is 0.267. The van der Waals surface area contributed by atoms with Crippen molar-refractivity contribution < 1.29 is 23.8 Å². The molecule has 0 spiro atoms. The van der Waals surface area contributed by atoms with Crippen LogP contribution < -0.4 is 14.8 Å². The predicted octanol–water partition coefficient (Wildman–Crippen LogP) is 3.69. The Morgan fingerprint density at radius 1 is 1.07 bits per heavy atom. The number of esters is 1. The maximum absolute atomic E-state index is 12.0. The summed E-state index contributed by atoms with van der Waals surface area (Å²) in [6.45, 7) is 1.20. The smallest absolute Gasteiger partial charge is 0.344 e. The van der Waals surface area contributed by atoms with Crippen molar-refractivity contribution in [3.05, 3.63) is 59.5 Å². The quantitative estimate of drug-likeness (QED) is 0.568. The number of thiazole rings is 1. The van der Waals surface area contributed by atoms with Crippen LogP contribution in [0, 0.1) is 6.92 Å². The molecule has 2 aromatic carbocycles. The summed E-state index contributed by atoms with van der Waals surface area (Å²) in [5, 5.41) is 4.88. The summed E-state index contributed by atoms with van der Waals surface area (Å²) in [5.41, 5.74) is 2.55. The molecule has 0 bridgehead atoms. The van der Waals surface area contributed by atoms with Crippen LogP contribution in [0.3, 0.4) is 0 Å². The second-order valence-corrected chi connectivity index (χ2v) is 6.89. The Bertz CT molecular complexity index is 985. The molecule has 0 unspecified atom stereocenters. The Hall–Kier alpha value is -3.39. The van der Waals surface area contributed by atoms with Gasteiger partial charge in [-0.3, -0.25) is 10.1 Å². The van der Waals surface area contributed by atoms with Crippen LogP contribution in [-0.4, -0.2) is 37.2 Å². The fourth-order valence-electron chi connectivity index (χ4n) is 2.42. The zero-order chi connectivity index (χ0) is 20.6. The van der Waals surface area contributed by atoms with Crippen molar-refractivity contribution in [2.75, 3.05) is 25.6 Å². The molecule has 0 atom stereocenters. The Morgan fingerprint density at radius 3 is 2.55 bits per heavy atom. The molecule has 0 saturated carbocycles. The van der Waals surface area contributed by atoms with Crippen LogP contribution in [0.5, 0.6) is 11.5 Å². The second-order valence-electron chi connectivity index (χ2n) is 6.03. The molecule has 7 nitrogen and oxygen atoms in total. The lowest BCUT2D eigenvalue weighted by Gasteiger charge is -2.08. The zero-order valence-corrected chi connectivity index (χ0v) is 16.8. The highest BCUT2D eigenvalue weighted by molar-refractivity contribution is 7.14.